The van der Waals surface area contributed by atoms with E-state index in [1.807, 2.05) is 18.2 Å². The second-order valence-corrected chi connectivity index (χ2v) is 7.31. The third kappa shape index (κ3) is 6.38. The van der Waals surface area contributed by atoms with Crippen LogP contribution in [0.5, 0.6) is 0 Å². The van der Waals surface area contributed by atoms with Gasteiger partial charge in [-0.3, -0.25) is 4.99 Å². The number of hydrogen-bond donors (Lipinski definition) is 2. The number of benzene rings is 1. The van der Waals surface area contributed by atoms with Crippen molar-refractivity contribution in [3.05, 3.63) is 36.1 Å². The molecule has 0 aliphatic carbocycles. The number of rotatable bonds is 6. The van der Waals surface area contributed by atoms with E-state index in [9.17, 15) is 0 Å². The zero-order chi connectivity index (χ0) is 18.4. The maximum absolute atomic E-state index is 5.88. The Labute approximate surface area is 180 Å². The van der Waals surface area contributed by atoms with E-state index >= 15 is 0 Å². The van der Waals surface area contributed by atoms with Gasteiger partial charge in [-0.15, -0.1) is 24.0 Å². The second kappa shape index (κ2) is 10.9. The Morgan fingerprint density at radius 1 is 1.26 bits per heavy atom. The molecule has 0 radical (unpaired) electrons. The van der Waals surface area contributed by atoms with Gasteiger partial charge in [0.05, 0.1) is 0 Å². The zero-order valence-electron chi connectivity index (χ0n) is 16.7. The number of para-hydroxylation sites is 1. The summed E-state index contributed by atoms with van der Waals surface area (Å²) in [6, 6.07) is 11.4. The van der Waals surface area contributed by atoms with Gasteiger partial charge in [-0.1, -0.05) is 18.2 Å². The SMILES string of the molecule is CCNC(=NCCc1cc2ccccc2o1)NC1CCN(C(C)C)CC1.I. The fourth-order valence-corrected chi connectivity index (χ4v) is 3.51. The van der Waals surface area contributed by atoms with E-state index in [-0.39, 0.29) is 24.0 Å². The van der Waals surface area contributed by atoms with E-state index in [1.54, 1.807) is 0 Å². The fourth-order valence-electron chi connectivity index (χ4n) is 3.51. The van der Waals surface area contributed by atoms with Crippen LogP contribution in [0.1, 0.15) is 39.4 Å². The van der Waals surface area contributed by atoms with Crippen molar-refractivity contribution < 1.29 is 4.42 Å². The number of likely N-dealkylation sites (tertiary alicyclic amines) is 1. The maximum Gasteiger partial charge on any atom is 0.191 e. The van der Waals surface area contributed by atoms with Crippen molar-refractivity contribution in [2.24, 2.45) is 4.99 Å². The molecule has 2 heterocycles. The lowest BCUT2D eigenvalue weighted by molar-refractivity contribution is 0.167. The summed E-state index contributed by atoms with van der Waals surface area (Å²) in [5, 5.41) is 8.14. The first kappa shape index (κ1) is 22.0. The van der Waals surface area contributed by atoms with E-state index in [1.165, 1.54) is 12.8 Å². The molecule has 1 saturated heterocycles. The molecule has 150 valence electrons. The van der Waals surface area contributed by atoms with Crippen molar-refractivity contribution in [2.45, 2.75) is 52.1 Å². The van der Waals surface area contributed by atoms with Crippen LogP contribution in [0.4, 0.5) is 0 Å². The molecule has 27 heavy (non-hydrogen) atoms. The lowest BCUT2D eigenvalue weighted by Crippen LogP contribution is -2.49. The smallest absolute Gasteiger partial charge is 0.191 e. The summed E-state index contributed by atoms with van der Waals surface area (Å²) in [5.41, 5.74) is 0.952. The highest BCUT2D eigenvalue weighted by atomic mass is 127. The molecule has 0 amide bonds. The molecule has 1 aliphatic heterocycles. The van der Waals surface area contributed by atoms with Gasteiger partial charge in [-0.05, 0) is 45.7 Å². The first-order chi connectivity index (χ1) is 12.7. The number of furan rings is 1. The third-order valence-electron chi connectivity index (χ3n) is 5.05. The second-order valence-electron chi connectivity index (χ2n) is 7.31. The van der Waals surface area contributed by atoms with E-state index in [2.05, 4.69) is 48.4 Å². The molecule has 5 nitrogen and oxygen atoms in total. The summed E-state index contributed by atoms with van der Waals surface area (Å²) in [6.45, 7) is 10.6. The minimum absolute atomic E-state index is 0. The minimum Gasteiger partial charge on any atom is -0.461 e. The van der Waals surface area contributed by atoms with Crippen LogP contribution in [0.15, 0.2) is 39.7 Å². The molecular weight excluding hydrogens is 451 g/mol. The topological polar surface area (TPSA) is 52.8 Å². The van der Waals surface area contributed by atoms with Crippen LogP contribution in [0.25, 0.3) is 11.0 Å². The van der Waals surface area contributed by atoms with Gasteiger partial charge in [-0.25, -0.2) is 0 Å². The predicted octanol–water partition coefficient (Wildman–Crippen LogP) is 4.02. The lowest BCUT2D eigenvalue weighted by atomic mass is 10.0. The van der Waals surface area contributed by atoms with Gasteiger partial charge in [0.25, 0.3) is 0 Å². The molecule has 1 aliphatic rings. The van der Waals surface area contributed by atoms with Gasteiger partial charge >= 0.3 is 0 Å². The van der Waals surface area contributed by atoms with Crippen LogP contribution in [-0.2, 0) is 6.42 Å². The highest BCUT2D eigenvalue weighted by Gasteiger charge is 2.21. The average Bonchev–Trinajstić information content (AvgIpc) is 3.05. The lowest BCUT2D eigenvalue weighted by Gasteiger charge is -2.35. The molecule has 6 heteroatoms. The molecule has 0 unspecified atom stereocenters. The molecule has 0 atom stereocenters. The number of hydrogen-bond acceptors (Lipinski definition) is 3. The summed E-state index contributed by atoms with van der Waals surface area (Å²) in [7, 11) is 0. The molecule has 2 N–H and O–H groups in total. The number of halogens is 1. The Kier molecular flexibility index (Phi) is 8.89. The minimum atomic E-state index is 0. The van der Waals surface area contributed by atoms with E-state index < -0.39 is 0 Å². The third-order valence-corrected chi connectivity index (χ3v) is 5.05. The van der Waals surface area contributed by atoms with Gasteiger partial charge in [0.15, 0.2) is 5.96 Å². The fraction of sp³-hybridized carbons (Fsp3) is 0.571. The van der Waals surface area contributed by atoms with Crippen LogP contribution in [0, 0.1) is 0 Å². The highest BCUT2D eigenvalue weighted by Crippen LogP contribution is 2.19. The Bertz CT molecular complexity index is 687. The standard InChI is InChI=1S/C21H32N4O.HI/c1-4-22-21(24-18-10-13-25(14-11-18)16(2)3)23-12-9-19-15-17-7-5-6-8-20(17)26-19;/h5-8,15-16,18H,4,9-14H2,1-3H3,(H2,22,23,24);1H. The summed E-state index contributed by atoms with van der Waals surface area (Å²) >= 11 is 0. The van der Waals surface area contributed by atoms with Gasteiger partial charge in [0, 0.05) is 50.1 Å². The molecule has 3 rings (SSSR count). The Morgan fingerprint density at radius 2 is 2.00 bits per heavy atom. The number of nitrogens with zero attached hydrogens (tertiary/aromatic N) is 2. The molecule has 2 aromatic rings. The van der Waals surface area contributed by atoms with E-state index in [0.29, 0.717) is 12.1 Å². The van der Waals surface area contributed by atoms with Gasteiger partial charge in [-0.2, -0.15) is 0 Å². The summed E-state index contributed by atoms with van der Waals surface area (Å²) < 4.78 is 5.88. The Hall–Kier alpha value is -1.28. The molecule has 0 saturated carbocycles. The Morgan fingerprint density at radius 3 is 2.67 bits per heavy atom. The predicted molar refractivity (Wildman–Crippen MR) is 124 cm³/mol. The summed E-state index contributed by atoms with van der Waals surface area (Å²) in [4.78, 5) is 7.29. The molecular formula is C21H33IN4O. The van der Waals surface area contributed by atoms with Crippen molar-refractivity contribution >= 4 is 40.9 Å². The van der Waals surface area contributed by atoms with Gasteiger partial charge in [0.2, 0.25) is 0 Å². The van der Waals surface area contributed by atoms with Crippen LogP contribution >= 0.6 is 24.0 Å². The van der Waals surface area contributed by atoms with Crippen LogP contribution in [0.2, 0.25) is 0 Å². The van der Waals surface area contributed by atoms with E-state index in [0.717, 1.165) is 55.3 Å². The van der Waals surface area contributed by atoms with E-state index in [4.69, 9.17) is 9.41 Å². The van der Waals surface area contributed by atoms with Crippen LogP contribution in [-0.4, -0.2) is 49.1 Å². The van der Waals surface area contributed by atoms with Crippen LogP contribution < -0.4 is 10.6 Å². The molecule has 0 spiro atoms. The number of fused-ring (bicyclic) bond motifs is 1. The first-order valence-electron chi connectivity index (χ1n) is 9.92. The zero-order valence-corrected chi connectivity index (χ0v) is 19.0. The monoisotopic (exact) mass is 484 g/mol. The van der Waals surface area contributed by atoms with Crippen molar-refractivity contribution in [2.75, 3.05) is 26.2 Å². The summed E-state index contributed by atoms with van der Waals surface area (Å²) in [6.07, 6.45) is 3.16. The van der Waals surface area contributed by atoms with Crippen molar-refractivity contribution in [1.82, 2.24) is 15.5 Å². The molecule has 0 bridgehead atoms. The number of guanidine groups is 1. The van der Waals surface area contributed by atoms with Crippen molar-refractivity contribution in [3.8, 4) is 0 Å². The summed E-state index contributed by atoms with van der Waals surface area (Å²) in [5.74, 6) is 1.92. The molecule has 1 aromatic carbocycles. The van der Waals surface area contributed by atoms with Crippen molar-refractivity contribution in [3.63, 3.8) is 0 Å². The van der Waals surface area contributed by atoms with Crippen LogP contribution in [0.3, 0.4) is 0 Å². The van der Waals surface area contributed by atoms with Gasteiger partial charge in [0.1, 0.15) is 11.3 Å². The largest absolute Gasteiger partial charge is 0.461 e. The molecule has 1 fully saturated rings. The number of aliphatic imine (C=N–C) groups is 1. The molecule has 1 aromatic heterocycles. The number of piperidine rings is 1. The maximum atomic E-state index is 5.88. The average molecular weight is 484 g/mol. The Balaban J connectivity index is 0.00000261. The first-order valence-corrected chi connectivity index (χ1v) is 9.92. The normalized spacial score (nSPS) is 16.5. The highest BCUT2D eigenvalue weighted by molar-refractivity contribution is 14.0. The number of nitrogens with one attached hydrogen (secondary N) is 2. The quantitative estimate of drug-likeness (QED) is 0.370. The van der Waals surface area contributed by atoms with Crippen molar-refractivity contribution in [1.29, 1.82) is 0 Å². The van der Waals surface area contributed by atoms with Gasteiger partial charge < -0.3 is 20.0 Å².